The smallest absolute Gasteiger partial charge is 0.253 e. The minimum atomic E-state index is -0.475. The van der Waals surface area contributed by atoms with Gasteiger partial charge in [-0.25, -0.2) is 4.39 Å². The molecule has 0 aliphatic heterocycles. The Hall–Kier alpha value is -2.37. The number of nitrogen functional groups attached to an aromatic ring is 1. The van der Waals surface area contributed by atoms with E-state index in [9.17, 15) is 9.18 Å². The van der Waals surface area contributed by atoms with Gasteiger partial charge < -0.3 is 11.1 Å². The molecule has 1 aromatic heterocycles. The first-order valence-electron chi connectivity index (χ1n) is 6.81. The first-order chi connectivity index (χ1) is 9.97. The van der Waals surface area contributed by atoms with Gasteiger partial charge in [-0.1, -0.05) is 0 Å². The number of nitrogens with one attached hydrogen (secondary N) is 1. The van der Waals surface area contributed by atoms with Crippen LogP contribution >= 0.6 is 0 Å². The van der Waals surface area contributed by atoms with Crippen LogP contribution in [0.5, 0.6) is 0 Å². The molecule has 5 nitrogen and oxygen atoms in total. The maximum Gasteiger partial charge on any atom is 0.253 e. The largest absolute Gasteiger partial charge is 0.398 e. The van der Waals surface area contributed by atoms with E-state index in [1.165, 1.54) is 12.1 Å². The fourth-order valence-corrected chi connectivity index (χ4v) is 2.15. The van der Waals surface area contributed by atoms with Crippen molar-refractivity contribution < 1.29 is 9.18 Å². The van der Waals surface area contributed by atoms with Crippen molar-refractivity contribution in [1.29, 1.82) is 0 Å². The van der Waals surface area contributed by atoms with E-state index in [0.29, 0.717) is 6.54 Å². The summed E-state index contributed by atoms with van der Waals surface area (Å²) in [7, 11) is 0. The van der Waals surface area contributed by atoms with E-state index in [2.05, 4.69) is 10.4 Å². The zero-order valence-corrected chi connectivity index (χ0v) is 12.2. The molecule has 0 fully saturated rings. The van der Waals surface area contributed by atoms with Crippen LogP contribution in [0, 0.1) is 19.7 Å². The second-order valence-electron chi connectivity index (χ2n) is 4.99. The van der Waals surface area contributed by atoms with E-state index in [-0.39, 0.29) is 17.2 Å². The Kier molecular flexibility index (Phi) is 4.57. The van der Waals surface area contributed by atoms with Crippen LogP contribution in [0.15, 0.2) is 24.3 Å². The fraction of sp³-hybridized carbons (Fsp3) is 0.333. The molecule has 6 heteroatoms. The molecule has 0 radical (unpaired) electrons. The monoisotopic (exact) mass is 290 g/mol. The van der Waals surface area contributed by atoms with Crippen molar-refractivity contribution in [3.8, 4) is 0 Å². The number of carbonyl (C=O) groups is 1. The molecule has 112 valence electrons. The van der Waals surface area contributed by atoms with Gasteiger partial charge in [0.15, 0.2) is 0 Å². The third-order valence-corrected chi connectivity index (χ3v) is 3.20. The van der Waals surface area contributed by atoms with Gasteiger partial charge in [0.05, 0.1) is 11.3 Å². The molecule has 1 amide bonds. The summed E-state index contributed by atoms with van der Waals surface area (Å²) in [6, 6.07) is 5.77. The summed E-state index contributed by atoms with van der Waals surface area (Å²) in [6.45, 7) is 5.13. The minimum Gasteiger partial charge on any atom is -0.398 e. The van der Waals surface area contributed by atoms with Crippen molar-refractivity contribution in [3.63, 3.8) is 0 Å². The number of anilines is 1. The standard InChI is InChI=1S/C15H19FN4O/c1-10-8-11(2)20(19-10)7-3-6-18-15(21)13-9-12(16)4-5-14(13)17/h4-5,8-9H,3,6-7,17H2,1-2H3,(H,18,21). The van der Waals surface area contributed by atoms with Gasteiger partial charge >= 0.3 is 0 Å². The molecule has 0 aliphatic carbocycles. The molecule has 1 aromatic carbocycles. The fourth-order valence-electron chi connectivity index (χ4n) is 2.15. The van der Waals surface area contributed by atoms with Gasteiger partial charge in [-0.05, 0) is 44.5 Å². The highest BCUT2D eigenvalue weighted by Gasteiger charge is 2.10. The molecular weight excluding hydrogens is 271 g/mol. The highest BCUT2D eigenvalue weighted by Crippen LogP contribution is 2.13. The molecule has 0 spiro atoms. The van der Waals surface area contributed by atoms with E-state index in [1.807, 2.05) is 24.6 Å². The highest BCUT2D eigenvalue weighted by molar-refractivity contribution is 5.99. The number of carbonyl (C=O) groups excluding carboxylic acids is 1. The second-order valence-corrected chi connectivity index (χ2v) is 4.99. The van der Waals surface area contributed by atoms with E-state index in [1.54, 1.807) is 0 Å². The van der Waals surface area contributed by atoms with Gasteiger partial charge in [0.2, 0.25) is 0 Å². The average Bonchev–Trinajstić information content (AvgIpc) is 2.75. The number of nitrogens with zero attached hydrogens (tertiary/aromatic N) is 2. The first kappa shape index (κ1) is 15.0. The quantitative estimate of drug-likeness (QED) is 0.654. The van der Waals surface area contributed by atoms with Crippen LogP contribution in [0.3, 0.4) is 0 Å². The van der Waals surface area contributed by atoms with Crippen LogP contribution in [-0.2, 0) is 6.54 Å². The SMILES string of the molecule is Cc1cc(C)n(CCCNC(=O)c2cc(F)ccc2N)n1. The predicted molar refractivity (Wildman–Crippen MR) is 79.5 cm³/mol. The Bertz CT molecular complexity index is 651. The number of nitrogens with two attached hydrogens (primary N) is 1. The van der Waals surface area contributed by atoms with Crippen LogP contribution in [0.1, 0.15) is 28.2 Å². The Labute approximate surface area is 123 Å². The summed E-state index contributed by atoms with van der Waals surface area (Å²) in [4.78, 5) is 11.9. The van der Waals surface area contributed by atoms with Crippen LogP contribution in [-0.4, -0.2) is 22.2 Å². The number of aromatic nitrogens is 2. The number of halogens is 1. The molecular formula is C15H19FN4O. The lowest BCUT2D eigenvalue weighted by Gasteiger charge is -2.08. The zero-order valence-electron chi connectivity index (χ0n) is 12.2. The van der Waals surface area contributed by atoms with Gasteiger partial charge in [0.1, 0.15) is 5.82 Å². The number of rotatable bonds is 5. The van der Waals surface area contributed by atoms with Crippen LogP contribution < -0.4 is 11.1 Å². The Morgan fingerprint density at radius 1 is 1.38 bits per heavy atom. The van der Waals surface area contributed by atoms with Crippen molar-refractivity contribution in [2.45, 2.75) is 26.8 Å². The lowest BCUT2D eigenvalue weighted by Crippen LogP contribution is -2.26. The van der Waals surface area contributed by atoms with Gasteiger partial charge in [-0.3, -0.25) is 9.48 Å². The number of hydrogen-bond acceptors (Lipinski definition) is 3. The normalized spacial score (nSPS) is 10.6. The molecule has 0 bridgehead atoms. The van der Waals surface area contributed by atoms with Crippen molar-refractivity contribution in [3.05, 3.63) is 47.0 Å². The number of benzene rings is 1. The zero-order chi connectivity index (χ0) is 15.4. The summed E-state index contributed by atoms with van der Waals surface area (Å²) in [5, 5.41) is 7.08. The van der Waals surface area contributed by atoms with E-state index in [0.717, 1.165) is 30.4 Å². The van der Waals surface area contributed by atoms with Crippen molar-refractivity contribution in [2.24, 2.45) is 0 Å². The average molecular weight is 290 g/mol. The first-order valence-corrected chi connectivity index (χ1v) is 6.81. The summed E-state index contributed by atoms with van der Waals surface area (Å²) < 4.78 is 15.0. The molecule has 0 unspecified atom stereocenters. The maximum absolute atomic E-state index is 13.1. The van der Waals surface area contributed by atoms with Crippen LogP contribution in [0.25, 0.3) is 0 Å². The summed E-state index contributed by atoms with van der Waals surface area (Å²) in [6.07, 6.45) is 0.739. The van der Waals surface area contributed by atoms with Gasteiger partial charge in [0.25, 0.3) is 5.91 Å². The molecule has 2 rings (SSSR count). The van der Waals surface area contributed by atoms with E-state index < -0.39 is 5.82 Å². The molecule has 21 heavy (non-hydrogen) atoms. The summed E-state index contributed by atoms with van der Waals surface area (Å²) in [5.74, 6) is -0.836. The molecule has 3 N–H and O–H groups in total. The lowest BCUT2D eigenvalue weighted by atomic mass is 10.1. The molecule has 0 saturated carbocycles. The Morgan fingerprint density at radius 2 is 2.14 bits per heavy atom. The van der Waals surface area contributed by atoms with Crippen molar-refractivity contribution >= 4 is 11.6 Å². The van der Waals surface area contributed by atoms with E-state index >= 15 is 0 Å². The third-order valence-electron chi connectivity index (χ3n) is 3.20. The Balaban J connectivity index is 1.84. The molecule has 0 aliphatic rings. The van der Waals surface area contributed by atoms with Crippen LogP contribution in [0.2, 0.25) is 0 Å². The summed E-state index contributed by atoms with van der Waals surface area (Å²) in [5.41, 5.74) is 8.17. The number of amides is 1. The molecule has 0 saturated heterocycles. The van der Waals surface area contributed by atoms with Gasteiger partial charge in [0, 0.05) is 24.5 Å². The molecule has 1 heterocycles. The topological polar surface area (TPSA) is 72.9 Å². The van der Waals surface area contributed by atoms with Crippen LogP contribution in [0.4, 0.5) is 10.1 Å². The highest BCUT2D eigenvalue weighted by atomic mass is 19.1. The van der Waals surface area contributed by atoms with Crippen molar-refractivity contribution in [2.75, 3.05) is 12.3 Å². The number of aryl methyl sites for hydroxylation is 3. The van der Waals surface area contributed by atoms with Crippen molar-refractivity contribution in [1.82, 2.24) is 15.1 Å². The third kappa shape index (κ3) is 3.81. The summed E-state index contributed by atoms with van der Waals surface area (Å²) >= 11 is 0. The second kappa shape index (κ2) is 6.39. The molecule has 2 aromatic rings. The lowest BCUT2D eigenvalue weighted by molar-refractivity contribution is 0.0953. The van der Waals surface area contributed by atoms with E-state index in [4.69, 9.17) is 5.73 Å². The van der Waals surface area contributed by atoms with Gasteiger partial charge in [-0.2, -0.15) is 5.10 Å². The Morgan fingerprint density at radius 3 is 2.81 bits per heavy atom. The maximum atomic E-state index is 13.1. The predicted octanol–water partition coefficient (Wildman–Crippen LogP) is 2.04. The molecule has 0 atom stereocenters. The minimum absolute atomic E-state index is 0.168. The number of hydrogen-bond donors (Lipinski definition) is 2. The van der Waals surface area contributed by atoms with Gasteiger partial charge in [-0.15, -0.1) is 0 Å².